The van der Waals surface area contributed by atoms with Crippen LogP contribution < -0.4 is 5.73 Å². The number of rotatable bonds is 3. The summed E-state index contributed by atoms with van der Waals surface area (Å²) >= 11 is 0. The van der Waals surface area contributed by atoms with Gasteiger partial charge in [0.15, 0.2) is 0 Å². The van der Waals surface area contributed by atoms with E-state index in [2.05, 4.69) is 14.9 Å². The summed E-state index contributed by atoms with van der Waals surface area (Å²) in [6.07, 6.45) is 0. The molecule has 0 atom stereocenters. The Morgan fingerprint density at radius 3 is 3.06 bits per heavy atom. The van der Waals surface area contributed by atoms with E-state index >= 15 is 0 Å². The standard InChI is InChI=1S/C11H11N3O3/c1-16-11(15)9-13-10(17-14-9)8-4-2-3-7(5-8)6-12/h2-5H,6,12H2,1H3. The van der Waals surface area contributed by atoms with Gasteiger partial charge in [0.05, 0.1) is 7.11 Å². The Labute approximate surface area is 97.4 Å². The Morgan fingerprint density at radius 2 is 2.35 bits per heavy atom. The van der Waals surface area contributed by atoms with Gasteiger partial charge in [-0.3, -0.25) is 0 Å². The molecule has 0 saturated carbocycles. The highest BCUT2D eigenvalue weighted by atomic mass is 16.5. The van der Waals surface area contributed by atoms with Crippen molar-refractivity contribution in [2.75, 3.05) is 7.11 Å². The van der Waals surface area contributed by atoms with E-state index in [4.69, 9.17) is 10.3 Å². The fourth-order valence-electron chi connectivity index (χ4n) is 1.35. The number of benzene rings is 1. The topological polar surface area (TPSA) is 91.2 Å². The predicted octanol–water partition coefficient (Wildman–Crippen LogP) is 0.982. The molecule has 1 heterocycles. The lowest BCUT2D eigenvalue weighted by Crippen LogP contribution is -2.03. The average molecular weight is 233 g/mol. The van der Waals surface area contributed by atoms with E-state index in [1.54, 1.807) is 6.07 Å². The van der Waals surface area contributed by atoms with E-state index in [1.807, 2.05) is 18.2 Å². The molecule has 17 heavy (non-hydrogen) atoms. The number of ether oxygens (including phenoxy) is 1. The zero-order chi connectivity index (χ0) is 12.3. The van der Waals surface area contributed by atoms with Gasteiger partial charge >= 0.3 is 5.97 Å². The maximum absolute atomic E-state index is 11.2. The first-order valence-corrected chi connectivity index (χ1v) is 4.96. The van der Waals surface area contributed by atoms with E-state index in [0.29, 0.717) is 6.54 Å². The van der Waals surface area contributed by atoms with E-state index in [0.717, 1.165) is 11.1 Å². The summed E-state index contributed by atoms with van der Waals surface area (Å²) in [5.41, 5.74) is 7.19. The van der Waals surface area contributed by atoms with Crippen LogP contribution in [0.4, 0.5) is 0 Å². The number of nitrogens with zero attached hydrogens (tertiary/aromatic N) is 2. The largest absolute Gasteiger partial charge is 0.463 e. The Kier molecular flexibility index (Phi) is 3.15. The second kappa shape index (κ2) is 4.75. The van der Waals surface area contributed by atoms with Gasteiger partial charge in [-0.1, -0.05) is 12.1 Å². The van der Waals surface area contributed by atoms with Crippen LogP contribution in [0.25, 0.3) is 11.5 Å². The third kappa shape index (κ3) is 2.31. The van der Waals surface area contributed by atoms with E-state index < -0.39 is 5.97 Å². The molecule has 0 saturated heterocycles. The molecule has 0 aliphatic carbocycles. The second-order valence-electron chi connectivity index (χ2n) is 3.32. The fraction of sp³-hybridized carbons (Fsp3) is 0.182. The number of carbonyl (C=O) groups excluding carboxylic acids is 1. The van der Waals surface area contributed by atoms with Crippen LogP contribution in [0.1, 0.15) is 16.2 Å². The van der Waals surface area contributed by atoms with Crippen molar-refractivity contribution in [1.29, 1.82) is 0 Å². The normalized spacial score (nSPS) is 10.2. The highest BCUT2D eigenvalue weighted by Gasteiger charge is 2.15. The number of methoxy groups -OCH3 is 1. The third-order valence-electron chi connectivity index (χ3n) is 2.20. The van der Waals surface area contributed by atoms with Crippen molar-refractivity contribution in [1.82, 2.24) is 10.1 Å². The number of hydrogen-bond donors (Lipinski definition) is 1. The van der Waals surface area contributed by atoms with Crippen LogP contribution in [0, 0.1) is 0 Å². The smallest absolute Gasteiger partial charge is 0.379 e. The lowest BCUT2D eigenvalue weighted by atomic mass is 10.1. The zero-order valence-corrected chi connectivity index (χ0v) is 9.21. The van der Waals surface area contributed by atoms with Gasteiger partial charge in [0, 0.05) is 12.1 Å². The number of aromatic nitrogens is 2. The molecule has 0 spiro atoms. The Morgan fingerprint density at radius 1 is 1.53 bits per heavy atom. The van der Waals surface area contributed by atoms with E-state index in [9.17, 15) is 4.79 Å². The SMILES string of the molecule is COC(=O)c1noc(-c2cccc(CN)c2)n1. The van der Waals surface area contributed by atoms with Crippen LogP contribution >= 0.6 is 0 Å². The van der Waals surface area contributed by atoms with Crippen molar-refractivity contribution in [3.05, 3.63) is 35.7 Å². The summed E-state index contributed by atoms with van der Waals surface area (Å²) in [7, 11) is 1.26. The molecule has 0 bridgehead atoms. The van der Waals surface area contributed by atoms with Crippen molar-refractivity contribution >= 4 is 5.97 Å². The van der Waals surface area contributed by atoms with Gasteiger partial charge in [-0.15, -0.1) is 0 Å². The second-order valence-corrected chi connectivity index (χ2v) is 3.32. The number of nitrogens with two attached hydrogens (primary N) is 1. The maximum atomic E-state index is 11.2. The summed E-state index contributed by atoms with van der Waals surface area (Å²) < 4.78 is 9.46. The Bertz CT molecular complexity index is 536. The third-order valence-corrected chi connectivity index (χ3v) is 2.20. The molecule has 1 aromatic carbocycles. The molecule has 0 radical (unpaired) electrons. The zero-order valence-electron chi connectivity index (χ0n) is 9.21. The first-order chi connectivity index (χ1) is 8.24. The van der Waals surface area contributed by atoms with Crippen molar-refractivity contribution in [2.45, 2.75) is 6.54 Å². The first-order valence-electron chi connectivity index (χ1n) is 4.96. The van der Waals surface area contributed by atoms with Gasteiger partial charge < -0.3 is 15.0 Å². The van der Waals surface area contributed by atoms with Crippen LogP contribution in [-0.4, -0.2) is 23.2 Å². The summed E-state index contributed by atoms with van der Waals surface area (Å²) in [6, 6.07) is 7.35. The summed E-state index contributed by atoms with van der Waals surface area (Å²) in [5, 5.41) is 3.53. The Balaban J connectivity index is 2.33. The first kappa shape index (κ1) is 11.3. The molecule has 0 amide bonds. The highest BCUT2D eigenvalue weighted by Crippen LogP contribution is 2.18. The molecule has 2 N–H and O–H groups in total. The average Bonchev–Trinajstić information content (AvgIpc) is 2.87. The lowest BCUT2D eigenvalue weighted by molar-refractivity contribution is 0.0583. The van der Waals surface area contributed by atoms with Crippen molar-refractivity contribution in [2.24, 2.45) is 5.73 Å². The maximum Gasteiger partial charge on any atom is 0.379 e. The molecule has 2 aromatic rings. The number of carbonyl (C=O) groups is 1. The summed E-state index contributed by atoms with van der Waals surface area (Å²) in [6.45, 7) is 0.422. The minimum atomic E-state index is -0.630. The van der Waals surface area contributed by atoms with Crippen LogP contribution in [0.15, 0.2) is 28.8 Å². The monoisotopic (exact) mass is 233 g/mol. The van der Waals surface area contributed by atoms with Crippen molar-refractivity contribution in [3.8, 4) is 11.5 Å². The van der Waals surface area contributed by atoms with Crippen LogP contribution in [0.3, 0.4) is 0 Å². The Hall–Kier alpha value is -2.21. The van der Waals surface area contributed by atoms with E-state index in [-0.39, 0.29) is 11.7 Å². The number of esters is 1. The fourth-order valence-corrected chi connectivity index (χ4v) is 1.35. The minimum Gasteiger partial charge on any atom is -0.463 e. The molecule has 1 aromatic heterocycles. The molecule has 6 nitrogen and oxygen atoms in total. The lowest BCUT2D eigenvalue weighted by Gasteiger charge is -1.97. The summed E-state index contributed by atoms with van der Waals surface area (Å²) in [5.74, 6) is -0.462. The molecule has 0 unspecified atom stereocenters. The van der Waals surface area contributed by atoms with Gasteiger partial charge in [0.25, 0.3) is 11.7 Å². The molecular weight excluding hydrogens is 222 g/mol. The van der Waals surface area contributed by atoms with Crippen molar-refractivity contribution < 1.29 is 14.1 Å². The van der Waals surface area contributed by atoms with Crippen LogP contribution in [0.2, 0.25) is 0 Å². The summed E-state index contributed by atoms with van der Waals surface area (Å²) in [4.78, 5) is 15.1. The van der Waals surface area contributed by atoms with Gasteiger partial charge in [-0.2, -0.15) is 4.98 Å². The van der Waals surface area contributed by atoms with Gasteiger partial charge in [0.2, 0.25) is 0 Å². The van der Waals surface area contributed by atoms with Gasteiger partial charge in [-0.25, -0.2) is 4.79 Å². The molecule has 0 fully saturated rings. The quantitative estimate of drug-likeness (QED) is 0.794. The van der Waals surface area contributed by atoms with Crippen LogP contribution in [0.5, 0.6) is 0 Å². The van der Waals surface area contributed by atoms with Crippen LogP contribution in [-0.2, 0) is 11.3 Å². The van der Waals surface area contributed by atoms with Gasteiger partial charge in [-0.05, 0) is 22.9 Å². The molecule has 88 valence electrons. The van der Waals surface area contributed by atoms with Gasteiger partial charge in [0.1, 0.15) is 0 Å². The molecule has 0 aliphatic rings. The molecular formula is C11H11N3O3. The molecule has 6 heteroatoms. The molecule has 0 aliphatic heterocycles. The highest BCUT2D eigenvalue weighted by molar-refractivity contribution is 5.85. The predicted molar refractivity (Wildman–Crippen MR) is 59.0 cm³/mol. The van der Waals surface area contributed by atoms with E-state index in [1.165, 1.54) is 7.11 Å². The molecule has 2 rings (SSSR count). The minimum absolute atomic E-state index is 0.0966. The number of hydrogen-bond acceptors (Lipinski definition) is 6. The van der Waals surface area contributed by atoms with Crippen molar-refractivity contribution in [3.63, 3.8) is 0 Å².